The molecule has 6 nitrogen and oxygen atoms in total. The molecule has 0 aliphatic rings. The van der Waals surface area contributed by atoms with Crippen molar-refractivity contribution >= 4 is 27.0 Å². The first kappa shape index (κ1) is 19.5. The van der Waals surface area contributed by atoms with Crippen molar-refractivity contribution < 1.29 is 8.42 Å². The van der Waals surface area contributed by atoms with Gasteiger partial charge in [0.15, 0.2) is 0 Å². The number of rotatable bonds is 8. The number of nitrogens with zero attached hydrogens (tertiary/aromatic N) is 2. The van der Waals surface area contributed by atoms with Crippen LogP contribution in [0.3, 0.4) is 0 Å². The Kier molecular flexibility index (Phi) is 6.22. The lowest BCUT2D eigenvalue weighted by Crippen LogP contribution is -2.25. The number of hydrogen-bond donors (Lipinski definition) is 2. The van der Waals surface area contributed by atoms with Crippen LogP contribution in [0.5, 0.6) is 0 Å². The van der Waals surface area contributed by atoms with Gasteiger partial charge in [0.05, 0.1) is 0 Å². The number of aromatic nitrogens is 1. The van der Waals surface area contributed by atoms with Gasteiger partial charge in [0.2, 0.25) is 0 Å². The van der Waals surface area contributed by atoms with E-state index in [-0.39, 0.29) is 0 Å². The second-order valence-electron chi connectivity index (χ2n) is 6.23. The van der Waals surface area contributed by atoms with E-state index in [4.69, 9.17) is 5.73 Å². The molecule has 2 heterocycles. The van der Waals surface area contributed by atoms with E-state index < -0.39 is 10.0 Å². The van der Waals surface area contributed by atoms with Crippen LogP contribution in [-0.4, -0.2) is 38.4 Å². The number of sulfonamides is 1. The summed E-state index contributed by atoms with van der Waals surface area (Å²) in [5, 5.41) is 1.74. The molecular formula is C19H22N4O2S2. The van der Waals surface area contributed by atoms with Crippen LogP contribution in [0, 0.1) is 0 Å². The minimum Gasteiger partial charge on any atom is -0.329 e. The van der Waals surface area contributed by atoms with Gasteiger partial charge in [-0.2, -0.15) is 0 Å². The van der Waals surface area contributed by atoms with Gasteiger partial charge >= 0.3 is 0 Å². The average molecular weight is 403 g/mol. The third-order valence-corrected chi connectivity index (χ3v) is 6.75. The zero-order valence-electron chi connectivity index (χ0n) is 15.0. The minimum atomic E-state index is -3.56. The molecular weight excluding hydrogens is 380 g/mol. The molecule has 8 heteroatoms. The van der Waals surface area contributed by atoms with Crippen molar-refractivity contribution in [3.63, 3.8) is 0 Å². The highest BCUT2D eigenvalue weighted by atomic mass is 32.2. The number of nitrogens with two attached hydrogens (primary N) is 1. The summed E-state index contributed by atoms with van der Waals surface area (Å²) in [7, 11) is -1.55. The lowest BCUT2D eigenvalue weighted by atomic mass is 10.1. The summed E-state index contributed by atoms with van der Waals surface area (Å²) in [5.74, 6) is 0. The molecule has 3 aromatic rings. The van der Waals surface area contributed by atoms with Gasteiger partial charge < -0.3 is 10.6 Å². The van der Waals surface area contributed by atoms with Crippen LogP contribution in [0.25, 0.3) is 11.1 Å². The third kappa shape index (κ3) is 5.14. The number of pyridine rings is 1. The van der Waals surface area contributed by atoms with Gasteiger partial charge in [-0.05, 0) is 47.8 Å². The fourth-order valence-corrected chi connectivity index (χ4v) is 4.77. The molecule has 0 aliphatic heterocycles. The highest BCUT2D eigenvalue weighted by Crippen LogP contribution is 2.25. The van der Waals surface area contributed by atoms with Crippen molar-refractivity contribution in [2.45, 2.75) is 10.8 Å². The fraction of sp³-hybridized carbons (Fsp3) is 0.211. The minimum absolute atomic E-state index is 0.291. The lowest BCUT2D eigenvalue weighted by molar-refractivity contribution is 0.336. The number of benzene rings is 1. The fourth-order valence-electron chi connectivity index (χ4n) is 2.73. The van der Waals surface area contributed by atoms with Crippen LogP contribution in [-0.2, 0) is 16.6 Å². The average Bonchev–Trinajstić information content (AvgIpc) is 3.18. The highest BCUT2D eigenvalue weighted by molar-refractivity contribution is 7.94. The smallest absolute Gasteiger partial charge is 0.271 e. The summed E-state index contributed by atoms with van der Waals surface area (Å²) < 4.78 is 27.8. The number of likely N-dealkylation sites (N-methyl/N-ethyl adjacent to an activating group) is 1. The highest BCUT2D eigenvalue weighted by Gasteiger charge is 2.15. The summed E-state index contributed by atoms with van der Waals surface area (Å²) in [5.41, 5.74) is 9.03. The van der Waals surface area contributed by atoms with Crippen LogP contribution in [0.2, 0.25) is 0 Å². The van der Waals surface area contributed by atoms with E-state index in [9.17, 15) is 8.42 Å². The summed E-state index contributed by atoms with van der Waals surface area (Å²) in [6.45, 7) is 2.17. The Bertz CT molecular complexity index is 988. The Balaban J connectivity index is 1.81. The molecule has 0 unspecified atom stereocenters. The molecule has 2 aromatic heterocycles. The number of anilines is 1. The maximum atomic E-state index is 12.4. The van der Waals surface area contributed by atoms with Crippen LogP contribution in [0.4, 0.5) is 5.69 Å². The SMILES string of the molecule is CN(CCN)Cc1cncc(-c2cccc(NS(=O)(=O)c3cccs3)c2)c1. The first-order chi connectivity index (χ1) is 13.0. The summed E-state index contributed by atoms with van der Waals surface area (Å²) >= 11 is 1.19. The molecule has 0 fully saturated rings. The van der Waals surface area contributed by atoms with Gasteiger partial charge in [-0.15, -0.1) is 11.3 Å². The predicted molar refractivity (Wildman–Crippen MR) is 110 cm³/mol. The van der Waals surface area contributed by atoms with E-state index in [1.165, 1.54) is 11.3 Å². The van der Waals surface area contributed by atoms with Crippen molar-refractivity contribution in [1.82, 2.24) is 9.88 Å². The quantitative estimate of drug-likeness (QED) is 0.605. The molecule has 1 aromatic carbocycles. The monoisotopic (exact) mass is 402 g/mol. The van der Waals surface area contributed by atoms with Gasteiger partial charge in [0.1, 0.15) is 4.21 Å². The van der Waals surface area contributed by atoms with E-state index in [1.807, 2.05) is 31.4 Å². The number of nitrogens with one attached hydrogen (secondary N) is 1. The standard InChI is InChI=1S/C19H22N4O2S2/c1-23(8-7-20)14-15-10-17(13-21-12-15)16-4-2-5-18(11-16)22-27(24,25)19-6-3-9-26-19/h2-6,9-13,22H,7-8,14,20H2,1H3. The second kappa shape index (κ2) is 8.62. The van der Waals surface area contributed by atoms with E-state index in [2.05, 4.69) is 20.7 Å². The molecule has 0 aliphatic carbocycles. The molecule has 0 saturated carbocycles. The molecule has 0 spiro atoms. The van der Waals surface area contributed by atoms with Crippen LogP contribution in [0.15, 0.2) is 64.4 Å². The van der Waals surface area contributed by atoms with Crippen molar-refractivity contribution in [1.29, 1.82) is 0 Å². The van der Waals surface area contributed by atoms with Gasteiger partial charge in [-0.3, -0.25) is 9.71 Å². The van der Waals surface area contributed by atoms with Gasteiger partial charge in [-0.1, -0.05) is 18.2 Å². The molecule has 27 heavy (non-hydrogen) atoms. The Morgan fingerprint density at radius 2 is 2.00 bits per heavy atom. The van der Waals surface area contributed by atoms with Gasteiger partial charge in [0.25, 0.3) is 10.0 Å². The zero-order chi connectivity index (χ0) is 19.3. The van der Waals surface area contributed by atoms with E-state index in [1.54, 1.807) is 29.8 Å². The van der Waals surface area contributed by atoms with Gasteiger partial charge in [0, 0.05) is 43.3 Å². The van der Waals surface area contributed by atoms with Crippen molar-refractivity contribution in [2.75, 3.05) is 24.9 Å². The van der Waals surface area contributed by atoms with E-state index in [0.717, 1.165) is 29.8 Å². The normalized spacial score (nSPS) is 11.7. The third-order valence-electron chi connectivity index (χ3n) is 3.97. The van der Waals surface area contributed by atoms with Crippen molar-refractivity contribution in [2.24, 2.45) is 5.73 Å². The van der Waals surface area contributed by atoms with E-state index >= 15 is 0 Å². The molecule has 0 atom stereocenters. The van der Waals surface area contributed by atoms with Crippen LogP contribution < -0.4 is 10.5 Å². The Labute approximate surface area is 163 Å². The topological polar surface area (TPSA) is 88.3 Å². The molecule has 3 rings (SSSR count). The maximum absolute atomic E-state index is 12.4. The molecule has 0 saturated heterocycles. The molecule has 3 N–H and O–H groups in total. The summed E-state index contributed by atoms with van der Waals surface area (Å²) in [6.07, 6.45) is 3.61. The Morgan fingerprint density at radius 3 is 2.74 bits per heavy atom. The first-order valence-corrected chi connectivity index (χ1v) is 10.8. The van der Waals surface area contributed by atoms with Crippen LogP contribution >= 0.6 is 11.3 Å². The van der Waals surface area contributed by atoms with Crippen molar-refractivity contribution in [3.8, 4) is 11.1 Å². The lowest BCUT2D eigenvalue weighted by Gasteiger charge is -2.15. The second-order valence-corrected chi connectivity index (χ2v) is 9.08. The predicted octanol–water partition coefficient (Wildman–Crippen LogP) is 3.00. The first-order valence-electron chi connectivity index (χ1n) is 8.47. The molecule has 0 radical (unpaired) electrons. The summed E-state index contributed by atoms with van der Waals surface area (Å²) in [4.78, 5) is 6.46. The summed E-state index contributed by atoms with van der Waals surface area (Å²) in [6, 6.07) is 12.7. The molecule has 0 amide bonds. The Morgan fingerprint density at radius 1 is 1.15 bits per heavy atom. The molecule has 142 valence electrons. The zero-order valence-corrected chi connectivity index (χ0v) is 16.6. The Hall–Kier alpha value is -2.26. The van der Waals surface area contributed by atoms with Crippen molar-refractivity contribution in [3.05, 3.63) is 65.8 Å². The largest absolute Gasteiger partial charge is 0.329 e. The van der Waals surface area contributed by atoms with Gasteiger partial charge in [-0.25, -0.2) is 8.42 Å². The van der Waals surface area contributed by atoms with E-state index in [0.29, 0.717) is 16.4 Å². The maximum Gasteiger partial charge on any atom is 0.271 e. The molecule has 0 bridgehead atoms. The number of thiophene rings is 1. The van der Waals surface area contributed by atoms with Crippen LogP contribution in [0.1, 0.15) is 5.56 Å². The number of hydrogen-bond acceptors (Lipinski definition) is 6.